The zero-order valence-electron chi connectivity index (χ0n) is 15.5. The summed E-state index contributed by atoms with van der Waals surface area (Å²) < 4.78 is 45.5. The van der Waals surface area contributed by atoms with E-state index in [4.69, 9.17) is 4.74 Å². The minimum atomic E-state index is -4.42. The van der Waals surface area contributed by atoms with Crippen molar-refractivity contribution < 1.29 is 22.7 Å². The normalized spacial score (nSPS) is 16.3. The molecule has 0 bridgehead atoms. The third kappa shape index (κ3) is 4.17. The number of fused-ring (bicyclic) bond motifs is 1. The van der Waals surface area contributed by atoms with E-state index in [1.165, 1.54) is 12.1 Å². The molecule has 29 heavy (non-hydrogen) atoms. The average molecular weight is 401 g/mol. The van der Waals surface area contributed by atoms with Gasteiger partial charge in [0.15, 0.2) is 5.69 Å². The van der Waals surface area contributed by atoms with Gasteiger partial charge < -0.3 is 10.1 Å². The zero-order chi connectivity index (χ0) is 20.6. The number of nitrogens with zero attached hydrogens (tertiary/aromatic N) is 2. The number of benzene rings is 2. The fourth-order valence-corrected chi connectivity index (χ4v) is 3.16. The number of halogens is 3. The van der Waals surface area contributed by atoms with Crippen molar-refractivity contribution in [2.75, 3.05) is 5.32 Å². The minimum Gasteiger partial charge on any atom is -0.365 e. The molecule has 5 nitrogen and oxygen atoms in total. The number of hydrogen-bond acceptors (Lipinski definition) is 3. The highest BCUT2D eigenvalue weighted by Gasteiger charge is 2.30. The first kappa shape index (κ1) is 19.2. The maximum absolute atomic E-state index is 12.6. The number of aryl methyl sites for hydroxylation is 1. The van der Waals surface area contributed by atoms with Crippen molar-refractivity contribution in [1.82, 2.24) is 9.78 Å². The molecule has 0 saturated carbocycles. The van der Waals surface area contributed by atoms with E-state index < -0.39 is 17.6 Å². The van der Waals surface area contributed by atoms with Crippen LogP contribution in [0.15, 0.2) is 54.6 Å². The Labute approximate surface area is 165 Å². The van der Waals surface area contributed by atoms with E-state index in [2.05, 4.69) is 10.4 Å². The van der Waals surface area contributed by atoms with Crippen molar-refractivity contribution in [3.8, 4) is 0 Å². The highest BCUT2D eigenvalue weighted by molar-refractivity contribution is 6.02. The molecule has 0 saturated heterocycles. The molecule has 1 N–H and O–H groups in total. The molecular formula is C21H18F3N3O2. The summed E-state index contributed by atoms with van der Waals surface area (Å²) in [5.74, 6) is -0.487. The van der Waals surface area contributed by atoms with Gasteiger partial charge in [0.05, 0.1) is 24.4 Å². The standard InChI is InChI=1S/C21H18F3N3O2/c1-13-2-4-14(5-3-13)19-11-27-17(12-29-19)10-18(26-27)20(28)25-16-8-6-15(7-9-16)21(22,23)24/h2-10,19H,11-12H2,1H3,(H,25,28)/t19-/m1/s1. The molecule has 4 rings (SSSR count). The molecule has 0 aliphatic carbocycles. The maximum Gasteiger partial charge on any atom is 0.416 e. The van der Waals surface area contributed by atoms with Gasteiger partial charge in [-0.2, -0.15) is 18.3 Å². The van der Waals surface area contributed by atoms with Gasteiger partial charge in [-0.1, -0.05) is 29.8 Å². The first-order valence-corrected chi connectivity index (χ1v) is 9.03. The lowest BCUT2D eigenvalue weighted by Crippen LogP contribution is -2.22. The summed E-state index contributed by atoms with van der Waals surface area (Å²) in [5.41, 5.74) is 2.65. The van der Waals surface area contributed by atoms with Crippen molar-refractivity contribution in [1.29, 1.82) is 0 Å². The highest BCUT2D eigenvalue weighted by atomic mass is 19.4. The van der Waals surface area contributed by atoms with Gasteiger partial charge >= 0.3 is 6.18 Å². The van der Waals surface area contributed by atoms with Crippen LogP contribution >= 0.6 is 0 Å². The lowest BCUT2D eigenvalue weighted by molar-refractivity contribution is -0.137. The van der Waals surface area contributed by atoms with Gasteiger partial charge in [0, 0.05) is 5.69 Å². The maximum atomic E-state index is 12.6. The predicted molar refractivity (Wildman–Crippen MR) is 100 cm³/mol. The molecule has 1 aliphatic rings. The third-order valence-corrected chi connectivity index (χ3v) is 4.79. The fourth-order valence-electron chi connectivity index (χ4n) is 3.16. The van der Waals surface area contributed by atoms with Crippen LogP contribution in [0.5, 0.6) is 0 Å². The van der Waals surface area contributed by atoms with Crippen LogP contribution in [-0.2, 0) is 24.1 Å². The Morgan fingerprint density at radius 2 is 1.83 bits per heavy atom. The summed E-state index contributed by atoms with van der Waals surface area (Å²) in [4.78, 5) is 12.5. The van der Waals surface area contributed by atoms with Gasteiger partial charge in [-0.15, -0.1) is 0 Å². The number of hydrogen-bond donors (Lipinski definition) is 1. The van der Waals surface area contributed by atoms with Crippen LogP contribution in [0.25, 0.3) is 0 Å². The zero-order valence-corrected chi connectivity index (χ0v) is 15.5. The van der Waals surface area contributed by atoms with E-state index in [1.54, 1.807) is 10.7 Å². The average Bonchev–Trinajstić information content (AvgIpc) is 3.12. The molecule has 1 aliphatic heterocycles. The number of aromatic nitrogens is 2. The van der Waals surface area contributed by atoms with Gasteiger partial charge in [0.2, 0.25) is 0 Å². The second-order valence-electron chi connectivity index (χ2n) is 6.94. The van der Waals surface area contributed by atoms with Gasteiger partial charge in [-0.3, -0.25) is 9.48 Å². The molecule has 0 spiro atoms. The second kappa shape index (κ2) is 7.36. The van der Waals surface area contributed by atoms with Gasteiger partial charge in [-0.05, 0) is 42.8 Å². The first-order valence-electron chi connectivity index (χ1n) is 9.03. The third-order valence-electron chi connectivity index (χ3n) is 4.79. The smallest absolute Gasteiger partial charge is 0.365 e. The molecule has 2 heterocycles. The molecule has 150 valence electrons. The van der Waals surface area contributed by atoms with Gasteiger partial charge in [-0.25, -0.2) is 0 Å². The number of ether oxygens (including phenoxy) is 1. The fraction of sp³-hybridized carbons (Fsp3) is 0.238. The van der Waals surface area contributed by atoms with Crippen molar-refractivity contribution in [3.05, 3.63) is 82.7 Å². The topological polar surface area (TPSA) is 56.2 Å². The van der Waals surface area contributed by atoms with Crippen molar-refractivity contribution in [2.24, 2.45) is 0 Å². The summed E-state index contributed by atoms with van der Waals surface area (Å²) in [6.45, 7) is 2.81. The van der Waals surface area contributed by atoms with Gasteiger partial charge in [0.25, 0.3) is 5.91 Å². The lowest BCUT2D eigenvalue weighted by atomic mass is 10.1. The van der Waals surface area contributed by atoms with E-state index in [0.29, 0.717) is 13.2 Å². The van der Waals surface area contributed by atoms with Crippen molar-refractivity contribution in [3.63, 3.8) is 0 Å². The molecule has 0 radical (unpaired) electrons. The number of carbonyl (C=O) groups excluding carboxylic acids is 1. The molecule has 8 heteroatoms. The number of carbonyl (C=O) groups is 1. The largest absolute Gasteiger partial charge is 0.416 e. The van der Waals surface area contributed by atoms with E-state index in [-0.39, 0.29) is 17.5 Å². The number of nitrogens with one attached hydrogen (secondary N) is 1. The number of anilines is 1. The number of rotatable bonds is 3. The molecule has 3 aromatic rings. The van der Waals surface area contributed by atoms with Crippen LogP contribution in [-0.4, -0.2) is 15.7 Å². The molecule has 1 atom stereocenters. The first-order chi connectivity index (χ1) is 13.8. The minimum absolute atomic E-state index is 0.158. The van der Waals surface area contributed by atoms with E-state index in [0.717, 1.165) is 29.0 Å². The molecule has 0 fully saturated rings. The Morgan fingerprint density at radius 3 is 2.48 bits per heavy atom. The Kier molecular flexibility index (Phi) is 4.87. The molecule has 0 unspecified atom stereocenters. The molecule has 1 aromatic heterocycles. The van der Waals surface area contributed by atoms with Crippen LogP contribution < -0.4 is 5.32 Å². The summed E-state index contributed by atoms with van der Waals surface area (Å²) in [7, 11) is 0. The number of amides is 1. The summed E-state index contributed by atoms with van der Waals surface area (Å²) in [5, 5.41) is 6.91. The highest BCUT2D eigenvalue weighted by Crippen LogP contribution is 2.30. The lowest BCUT2D eigenvalue weighted by Gasteiger charge is -2.24. The Bertz CT molecular complexity index is 1020. The van der Waals surface area contributed by atoms with Crippen LogP contribution in [0.1, 0.15) is 39.0 Å². The van der Waals surface area contributed by atoms with E-state index >= 15 is 0 Å². The molecular weight excluding hydrogens is 383 g/mol. The van der Waals surface area contributed by atoms with Crippen LogP contribution in [0.3, 0.4) is 0 Å². The van der Waals surface area contributed by atoms with E-state index in [1.807, 2.05) is 31.2 Å². The van der Waals surface area contributed by atoms with Gasteiger partial charge in [0.1, 0.15) is 6.10 Å². The summed E-state index contributed by atoms with van der Waals surface area (Å²) >= 11 is 0. The quantitative estimate of drug-likeness (QED) is 0.690. The molecule has 2 aromatic carbocycles. The Balaban J connectivity index is 1.46. The summed E-state index contributed by atoms with van der Waals surface area (Å²) in [6.07, 6.45) is -4.58. The SMILES string of the molecule is Cc1ccc([C@H]2Cn3nc(C(=O)Nc4ccc(C(F)(F)F)cc4)cc3CO2)cc1. The predicted octanol–water partition coefficient (Wildman–Crippen LogP) is 4.73. The van der Waals surface area contributed by atoms with Crippen molar-refractivity contribution in [2.45, 2.75) is 32.4 Å². The van der Waals surface area contributed by atoms with Crippen molar-refractivity contribution >= 4 is 11.6 Å². The Hall–Kier alpha value is -3.13. The molecule has 1 amide bonds. The van der Waals surface area contributed by atoms with Crippen LogP contribution in [0.4, 0.5) is 18.9 Å². The van der Waals surface area contributed by atoms with Crippen LogP contribution in [0, 0.1) is 6.92 Å². The second-order valence-corrected chi connectivity index (χ2v) is 6.94. The van der Waals surface area contributed by atoms with Crippen LogP contribution in [0.2, 0.25) is 0 Å². The number of alkyl halides is 3. The Morgan fingerprint density at radius 1 is 1.14 bits per heavy atom. The monoisotopic (exact) mass is 401 g/mol. The van der Waals surface area contributed by atoms with E-state index in [9.17, 15) is 18.0 Å². The summed E-state index contributed by atoms with van der Waals surface area (Å²) in [6, 6.07) is 14.0.